The van der Waals surface area contributed by atoms with E-state index in [0.717, 1.165) is 53.1 Å². The molecule has 0 aromatic heterocycles. The van der Waals surface area contributed by atoms with Crippen LogP contribution in [0.3, 0.4) is 0 Å². The molecule has 1 N–H and O–H groups in total. The third-order valence-corrected chi connectivity index (χ3v) is 10.7. The number of nitrogens with one attached hydrogen (secondary N) is 1. The molecule has 0 aliphatic heterocycles. The molecule has 4 aromatic rings. The van der Waals surface area contributed by atoms with Crippen molar-refractivity contribution in [1.29, 1.82) is 0 Å². The lowest BCUT2D eigenvalue weighted by molar-refractivity contribution is -0.140. The molecule has 2 amide bonds. The average Bonchev–Trinajstić information content (AvgIpc) is 3.13. The number of anilines is 1. The van der Waals surface area contributed by atoms with Crippen molar-refractivity contribution in [3.8, 4) is 11.5 Å². The number of nitrogens with zero attached hydrogens (tertiary/aromatic N) is 2. The molecule has 0 saturated heterocycles. The van der Waals surface area contributed by atoms with E-state index in [9.17, 15) is 18.0 Å². The molecule has 1 unspecified atom stereocenters. The summed E-state index contributed by atoms with van der Waals surface area (Å²) in [5, 5.41) is 3.24. The Kier molecular flexibility index (Phi) is 12.0. The van der Waals surface area contributed by atoms with Crippen LogP contribution >= 0.6 is 0 Å². The summed E-state index contributed by atoms with van der Waals surface area (Å²) in [6, 6.07) is 29.2. The Morgan fingerprint density at radius 2 is 1.43 bits per heavy atom. The van der Waals surface area contributed by atoms with Crippen molar-refractivity contribution in [3.05, 3.63) is 120 Å². The van der Waals surface area contributed by atoms with Crippen LogP contribution in [-0.2, 0) is 32.6 Å². The van der Waals surface area contributed by atoms with Gasteiger partial charge in [-0.3, -0.25) is 13.9 Å². The highest BCUT2D eigenvalue weighted by Crippen LogP contribution is 2.34. The number of hydrogen-bond donors (Lipinski definition) is 1. The predicted molar refractivity (Wildman–Crippen MR) is 191 cm³/mol. The van der Waals surface area contributed by atoms with Crippen molar-refractivity contribution < 1.29 is 27.5 Å². The quantitative estimate of drug-likeness (QED) is 0.167. The normalized spacial score (nSPS) is 14.0. The van der Waals surface area contributed by atoms with E-state index in [2.05, 4.69) is 5.32 Å². The third kappa shape index (κ3) is 9.00. The molecule has 49 heavy (non-hydrogen) atoms. The van der Waals surface area contributed by atoms with Crippen LogP contribution in [0, 0.1) is 6.92 Å². The summed E-state index contributed by atoms with van der Waals surface area (Å²) in [7, 11) is -1.29. The molecule has 1 aliphatic carbocycles. The average molecular weight is 684 g/mol. The molecule has 0 heterocycles. The number of carbonyl (C=O) groups excluding carboxylic acids is 2. The first-order chi connectivity index (χ1) is 23.7. The van der Waals surface area contributed by atoms with Crippen LogP contribution in [0.25, 0.3) is 0 Å². The Morgan fingerprint density at radius 3 is 2.06 bits per heavy atom. The Morgan fingerprint density at radius 1 is 0.796 bits per heavy atom. The van der Waals surface area contributed by atoms with Gasteiger partial charge in [0.2, 0.25) is 11.8 Å². The summed E-state index contributed by atoms with van der Waals surface area (Å²) in [6.07, 6.45) is 5.25. The zero-order valence-electron chi connectivity index (χ0n) is 28.4. The summed E-state index contributed by atoms with van der Waals surface area (Å²) in [6.45, 7) is 1.54. The molecule has 1 fully saturated rings. The number of methoxy groups -OCH3 is 2. The van der Waals surface area contributed by atoms with Gasteiger partial charge in [-0.2, -0.15) is 0 Å². The van der Waals surface area contributed by atoms with Crippen LogP contribution in [0.2, 0.25) is 0 Å². The zero-order chi connectivity index (χ0) is 34.8. The van der Waals surface area contributed by atoms with E-state index >= 15 is 0 Å². The van der Waals surface area contributed by atoms with Crippen LogP contribution in [0.1, 0.15) is 48.8 Å². The topological polar surface area (TPSA) is 105 Å². The minimum absolute atomic E-state index is 0.0255. The van der Waals surface area contributed by atoms with E-state index in [-0.39, 0.29) is 35.5 Å². The smallest absolute Gasteiger partial charge is 0.264 e. The first kappa shape index (κ1) is 35.5. The first-order valence-corrected chi connectivity index (χ1v) is 18.1. The van der Waals surface area contributed by atoms with Gasteiger partial charge in [-0.15, -0.1) is 0 Å². The van der Waals surface area contributed by atoms with Gasteiger partial charge in [-0.25, -0.2) is 8.42 Å². The lowest BCUT2D eigenvalue weighted by Crippen LogP contribution is -2.55. The Hall–Kier alpha value is -4.83. The van der Waals surface area contributed by atoms with Gasteiger partial charge in [0, 0.05) is 25.1 Å². The Balaban J connectivity index is 1.58. The fourth-order valence-electron chi connectivity index (χ4n) is 6.22. The van der Waals surface area contributed by atoms with Crippen LogP contribution in [0.4, 0.5) is 5.69 Å². The zero-order valence-corrected chi connectivity index (χ0v) is 29.2. The van der Waals surface area contributed by atoms with E-state index in [1.54, 1.807) is 30.3 Å². The third-order valence-electron chi connectivity index (χ3n) is 8.96. The lowest BCUT2D eigenvalue weighted by atomic mass is 9.94. The summed E-state index contributed by atoms with van der Waals surface area (Å²) in [5.74, 6) is -0.0432. The van der Waals surface area contributed by atoms with Gasteiger partial charge in [0.05, 0.1) is 24.8 Å². The molecule has 0 bridgehead atoms. The van der Waals surface area contributed by atoms with Gasteiger partial charge in [0.25, 0.3) is 10.0 Å². The van der Waals surface area contributed by atoms with E-state index < -0.39 is 28.5 Å². The number of hydrogen-bond acceptors (Lipinski definition) is 6. The van der Waals surface area contributed by atoms with Gasteiger partial charge in [0.15, 0.2) is 11.5 Å². The van der Waals surface area contributed by atoms with E-state index in [0.29, 0.717) is 11.5 Å². The number of carbonyl (C=O) groups is 2. The molecular weight excluding hydrogens is 639 g/mol. The van der Waals surface area contributed by atoms with Gasteiger partial charge < -0.3 is 19.7 Å². The van der Waals surface area contributed by atoms with Gasteiger partial charge in [-0.1, -0.05) is 97.6 Å². The predicted octanol–water partition coefficient (Wildman–Crippen LogP) is 6.30. The second kappa shape index (κ2) is 16.5. The molecule has 5 rings (SSSR count). The largest absolute Gasteiger partial charge is 0.493 e. The van der Waals surface area contributed by atoms with Crippen molar-refractivity contribution in [2.24, 2.45) is 0 Å². The maximum absolute atomic E-state index is 14.8. The molecular formula is C39H45N3O6S. The highest BCUT2D eigenvalue weighted by Gasteiger charge is 2.35. The van der Waals surface area contributed by atoms with Crippen molar-refractivity contribution in [2.45, 2.75) is 69.0 Å². The molecule has 4 aromatic carbocycles. The fraction of sp³-hybridized carbons (Fsp3) is 0.333. The van der Waals surface area contributed by atoms with Crippen LogP contribution in [-0.4, -0.2) is 58.0 Å². The van der Waals surface area contributed by atoms with E-state index in [4.69, 9.17) is 9.47 Å². The number of amides is 2. The van der Waals surface area contributed by atoms with Gasteiger partial charge in [-0.05, 0) is 55.2 Å². The maximum Gasteiger partial charge on any atom is 0.264 e. The number of benzene rings is 4. The molecule has 0 spiro atoms. The maximum atomic E-state index is 14.8. The molecule has 9 nitrogen and oxygen atoms in total. The minimum atomic E-state index is -4.24. The monoisotopic (exact) mass is 683 g/mol. The SMILES string of the molecule is COc1ccc(N(CC(=O)N(Cc2ccc(C)cc2)C(Cc2ccccc2)C(=O)NC2CCCCC2)S(=O)(=O)c2ccccc2)cc1OC. The Bertz CT molecular complexity index is 1790. The number of sulfonamides is 1. The van der Waals surface area contributed by atoms with Crippen molar-refractivity contribution in [1.82, 2.24) is 10.2 Å². The molecule has 1 atom stereocenters. The summed E-state index contributed by atoms with van der Waals surface area (Å²) in [5.41, 5.74) is 3.00. The Labute approximate surface area is 289 Å². The van der Waals surface area contributed by atoms with Crippen molar-refractivity contribution in [2.75, 3.05) is 25.1 Å². The summed E-state index contributed by atoms with van der Waals surface area (Å²) < 4.78 is 40.6. The number of ether oxygens (including phenoxy) is 2. The standard InChI is InChI=1S/C39H45N3O6S/c1-29-19-21-31(22-20-29)27-41(35(25-30-13-7-4-8-14-30)39(44)40-32-15-9-5-10-16-32)38(43)28-42(49(45,46)34-17-11-6-12-18-34)33-23-24-36(47-2)37(26-33)48-3/h4,6-8,11-14,17-24,26,32,35H,5,9-10,15-16,25,27-28H2,1-3H3,(H,40,44). The van der Waals surface area contributed by atoms with Crippen LogP contribution in [0.5, 0.6) is 11.5 Å². The second-order valence-corrected chi connectivity index (χ2v) is 14.3. The number of rotatable bonds is 14. The van der Waals surface area contributed by atoms with Gasteiger partial charge in [0.1, 0.15) is 12.6 Å². The highest BCUT2D eigenvalue weighted by atomic mass is 32.2. The first-order valence-electron chi connectivity index (χ1n) is 16.7. The highest BCUT2D eigenvalue weighted by molar-refractivity contribution is 7.92. The van der Waals surface area contributed by atoms with Crippen LogP contribution < -0.4 is 19.1 Å². The molecule has 10 heteroatoms. The minimum Gasteiger partial charge on any atom is -0.493 e. The van der Waals surface area contributed by atoms with Crippen molar-refractivity contribution >= 4 is 27.5 Å². The molecule has 258 valence electrons. The lowest BCUT2D eigenvalue weighted by Gasteiger charge is -2.35. The van der Waals surface area contributed by atoms with Crippen molar-refractivity contribution in [3.63, 3.8) is 0 Å². The number of aryl methyl sites for hydroxylation is 1. The summed E-state index contributed by atoms with van der Waals surface area (Å²) >= 11 is 0. The van der Waals surface area contributed by atoms with Crippen LogP contribution in [0.15, 0.2) is 108 Å². The molecule has 0 radical (unpaired) electrons. The van der Waals surface area contributed by atoms with Gasteiger partial charge >= 0.3 is 0 Å². The second-order valence-electron chi connectivity index (χ2n) is 12.4. The molecule has 1 aliphatic rings. The molecule has 1 saturated carbocycles. The van der Waals surface area contributed by atoms with E-state index in [1.165, 1.54) is 37.3 Å². The fourth-order valence-corrected chi connectivity index (χ4v) is 7.64. The summed E-state index contributed by atoms with van der Waals surface area (Å²) in [4.78, 5) is 30.6. The van der Waals surface area contributed by atoms with E-state index in [1.807, 2.05) is 61.5 Å².